The number of rotatable bonds is 1. The van der Waals surface area contributed by atoms with Gasteiger partial charge in [0.2, 0.25) is 0 Å². The molecule has 0 fully saturated rings. The first-order chi connectivity index (χ1) is 6.18. The summed E-state index contributed by atoms with van der Waals surface area (Å²) in [6, 6.07) is 3.35. The number of nitrogens with zero attached hydrogens (tertiary/aromatic N) is 1. The van der Waals surface area contributed by atoms with Crippen molar-refractivity contribution >= 4 is 17.9 Å². The predicted molar refractivity (Wildman–Crippen MR) is 50.0 cm³/mol. The number of aliphatic imine (C=N–C) groups is 1. The SMILES string of the molecule is Cc1cc(C(=O)O)cc2c1N=CC2. The minimum Gasteiger partial charge on any atom is -0.478 e. The van der Waals surface area contributed by atoms with Gasteiger partial charge in [-0.15, -0.1) is 0 Å². The summed E-state index contributed by atoms with van der Waals surface area (Å²) in [7, 11) is 0. The molecule has 0 unspecified atom stereocenters. The van der Waals surface area contributed by atoms with Crippen molar-refractivity contribution in [3.8, 4) is 0 Å². The lowest BCUT2D eigenvalue weighted by atomic mass is 10.0. The van der Waals surface area contributed by atoms with Crippen LogP contribution < -0.4 is 0 Å². The first-order valence-corrected chi connectivity index (χ1v) is 4.08. The molecule has 13 heavy (non-hydrogen) atoms. The van der Waals surface area contributed by atoms with Gasteiger partial charge in [0, 0.05) is 12.6 Å². The van der Waals surface area contributed by atoms with E-state index in [1.54, 1.807) is 12.1 Å². The zero-order valence-corrected chi connectivity index (χ0v) is 7.24. The van der Waals surface area contributed by atoms with Crippen LogP contribution in [-0.2, 0) is 6.42 Å². The molecule has 1 N–H and O–H groups in total. The minimum atomic E-state index is -0.877. The van der Waals surface area contributed by atoms with E-state index in [0.717, 1.165) is 23.2 Å². The first kappa shape index (κ1) is 7.98. The minimum absolute atomic E-state index is 0.349. The van der Waals surface area contributed by atoms with Gasteiger partial charge in [0.05, 0.1) is 11.3 Å². The Morgan fingerprint density at radius 2 is 2.31 bits per heavy atom. The molecule has 0 saturated heterocycles. The molecule has 66 valence electrons. The lowest BCUT2D eigenvalue weighted by Gasteiger charge is -2.03. The molecular weight excluding hydrogens is 166 g/mol. The molecule has 0 bridgehead atoms. The molecule has 1 aromatic carbocycles. The van der Waals surface area contributed by atoms with E-state index < -0.39 is 5.97 Å². The van der Waals surface area contributed by atoms with E-state index in [-0.39, 0.29) is 0 Å². The van der Waals surface area contributed by atoms with Gasteiger partial charge >= 0.3 is 5.97 Å². The molecule has 1 aliphatic heterocycles. The Bertz CT molecular complexity index is 408. The number of aryl methyl sites for hydroxylation is 1. The standard InChI is InChI=1S/C10H9NO2/c1-6-4-8(10(12)13)5-7-2-3-11-9(6)7/h3-5H,2H2,1H3,(H,12,13). The summed E-state index contributed by atoms with van der Waals surface area (Å²) in [6.45, 7) is 1.88. The Hall–Kier alpha value is -1.64. The van der Waals surface area contributed by atoms with E-state index in [2.05, 4.69) is 4.99 Å². The molecule has 1 aliphatic rings. The summed E-state index contributed by atoms with van der Waals surface area (Å²) in [5.74, 6) is -0.877. The van der Waals surface area contributed by atoms with Gasteiger partial charge in [0.15, 0.2) is 0 Å². The summed E-state index contributed by atoms with van der Waals surface area (Å²) in [5.41, 5.74) is 3.23. The van der Waals surface area contributed by atoms with Crippen molar-refractivity contribution in [3.05, 3.63) is 28.8 Å². The molecule has 0 spiro atoms. The van der Waals surface area contributed by atoms with Crippen molar-refractivity contribution in [1.82, 2.24) is 0 Å². The van der Waals surface area contributed by atoms with Gasteiger partial charge < -0.3 is 5.11 Å². The van der Waals surface area contributed by atoms with E-state index in [4.69, 9.17) is 5.11 Å². The second kappa shape index (κ2) is 2.69. The summed E-state index contributed by atoms with van der Waals surface area (Å²) >= 11 is 0. The number of hydrogen-bond donors (Lipinski definition) is 1. The van der Waals surface area contributed by atoms with Crippen LogP contribution in [0.5, 0.6) is 0 Å². The Labute approximate surface area is 75.7 Å². The Morgan fingerprint density at radius 3 is 3.00 bits per heavy atom. The highest BCUT2D eigenvalue weighted by atomic mass is 16.4. The van der Waals surface area contributed by atoms with Crippen LogP contribution in [0.15, 0.2) is 17.1 Å². The number of carboxylic acid groups (broad SMARTS) is 1. The third-order valence-corrected chi connectivity index (χ3v) is 2.16. The molecule has 3 heteroatoms. The van der Waals surface area contributed by atoms with Crippen molar-refractivity contribution in [2.75, 3.05) is 0 Å². The largest absolute Gasteiger partial charge is 0.478 e. The van der Waals surface area contributed by atoms with Crippen molar-refractivity contribution in [2.45, 2.75) is 13.3 Å². The van der Waals surface area contributed by atoms with E-state index in [9.17, 15) is 4.79 Å². The van der Waals surface area contributed by atoms with Gasteiger partial charge in [-0.1, -0.05) is 0 Å². The molecule has 3 nitrogen and oxygen atoms in total. The summed E-state index contributed by atoms with van der Waals surface area (Å²) in [5, 5.41) is 8.80. The zero-order chi connectivity index (χ0) is 9.42. The Balaban J connectivity index is 2.59. The fourth-order valence-corrected chi connectivity index (χ4v) is 1.55. The Morgan fingerprint density at radius 1 is 1.54 bits per heavy atom. The third-order valence-electron chi connectivity index (χ3n) is 2.16. The van der Waals surface area contributed by atoms with Crippen LogP contribution in [0, 0.1) is 6.92 Å². The second-order valence-electron chi connectivity index (χ2n) is 3.12. The fourth-order valence-electron chi connectivity index (χ4n) is 1.55. The quantitative estimate of drug-likeness (QED) is 0.709. The van der Waals surface area contributed by atoms with Crippen LogP contribution in [0.1, 0.15) is 21.5 Å². The van der Waals surface area contributed by atoms with Crippen LogP contribution in [0.3, 0.4) is 0 Å². The average Bonchev–Trinajstić information content (AvgIpc) is 2.51. The van der Waals surface area contributed by atoms with E-state index in [0.29, 0.717) is 5.56 Å². The van der Waals surface area contributed by atoms with Crippen LogP contribution >= 0.6 is 0 Å². The Kier molecular flexibility index (Phi) is 1.65. The lowest BCUT2D eigenvalue weighted by molar-refractivity contribution is 0.0696. The van der Waals surface area contributed by atoms with E-state index >= 15 is 0 Å². The topological polar surface area (TPSA) is 49.7 Å². The van der Waals surface area contributed by atoms with Gasteiger partial charge in [-0.05, 0) is 30.2 Å². The van der Waals surface area contributed by atoms with Crippen molar-refractivity contribution in [3.63, 3.8) is 0 Å². The highest BCUT2D eigenvalue weighted by Crippen LogP contribution is 2.29. The monoisotopic (exact) mass is 175 g/mol. The normalized spacial score (nSPS) is 13.0. The van der Waals surface area contributed by atoms with E-state index in [1.165, 1.54) is 0 Å². The van der Waals surface area contributed by atoms with Gasteiger partial charge in [0.25, 0.3) is 0 Å². The van der Waals surface area contributed by atoms with Gasteiger partial charge in [-0.3, -0.25) is 4.99 Å². The van der Waals surface area contributed by atoms with Gasteiger partial charge in [-0.2, -0.15) is 0 Å². The smallest absolute Gasteiger partial charge is 0.335 e. The van der Waals surface area contributed by atoms with Gasteiger partial charge in [0.1, 0.15) is 0 Å². The molecule has 0 radical (unpaired) electrons. The van der Waals surface area contributed by atoms with Crippen molar-refractivity contribution < 1.29 is 9.90 Å². The van der Waals surface area contributed by atoms with Crippen LogP contribution in [0.4, 0.5) is 5.69 Å². The number of carboxylic acids is 1. The third kappa shape index (κ3) is 1.22. The zero-order valence-electron chi connectivity index (χ0n) is 7.24. The molecule has 1 heterocycles. The van der Waals surface area contributed by atoms with Crippen LogP contribution in [0.2, 0.25) is 0 Å². The number of carbonyl (C=O) groups is 1. The average molecular weight is 175 g/mol. The van der Waals surface area contributed by atoms with Crippen molar-refractivity contribution in [1.29, 1.82) is 0 Å². The summed E-state index contributed by atoms with van der Waals surface area (Å²) < 4.78 is 0. The maximum atomic E-state index is 10.7. The molecule has 0 aromatic heterocycles. The molecule has 1 aromatic rings. The van der Waals surface area contributed by atoms with Gasteiger partial charge in [-0.25, -0.2) is 4.79 Å². The molecule has 0 aliphatic carbocycles. The maximum Gasteiger partial charge on any atom is 0.335 e. The molecule has 2 rings (SSSR count). The number of fused-ring (bicyclic) bond motifs is 1. The lowest BCUT2D eigenvalue weighted by Crippen LogP contribution is -1.98. The molecule has 0 amide bonds. The molecular formula is C10H9NO2. The fraction of sp³-hybridized carbons (Fsp3) is 0.200. The predicted octanol–water partition coefficient (Wildman–Crippen LogP) is 1.95. The van der Waals surface area contributed by atoms with Crippen molar-refractivity contribution in [2.24, 2.45) is 4.99 Å². The van der Waals surface area contributed by atoms with E-state index in [1.807, 2.05) is 13.1 Å². The number of hydrogen-bond acceptors (Lipinski definition) is 2. The second-order valence-corrected chi connectivity index (χ2v) is 3.12. The number of benzene rings is 1. The van der Waals surface area contributed by atoms with Crippen LogP contribution in [-0.4, -0.2) is 17.3 Å². The highest BCUT2D eigenvalue weighted by molar-refractivity contribution is 5.90. The first-order valence-electron chi connectivity index (χ1n) is 4.08. The maximum absolute atomic E-state index is 10.7. The van der Waals surface area contributed by atoms with Crippen LogP contribution in [0.25, 0.3) is 0 Å². The number of aromatic carboxylic acids is 1. The highest BCUT2D eigenvalue weighted by Gasteiger charge is 2.13. The summed E-state index contributed by atoms with van der Waals surface area (Å²) in [4.78, 5) is 14.9. The molecule has 0 saturated carbocycles. The summed E-state index contributed by atoms with van der Waals surface area (Å²) in [6.07, 6.45) is 2.56. The molecule has 0 atom stereocenters.